The number of nitrogens with zero attached hydrogens (tertiary/aromatic N) is 2. The highest BCUT2D eigenvalue weighted by Crippen LogP contribution is 2.22. The quantitative estimate of drug-likeness (QED) is 0.836. The number of amides is 1. The van der Waals surface area contributed by atoms with Crippen molar-refractivity contribution in [1.82, 2.24) is 9.80 Å². The first-order chi connectivity index (χ1) is 9.24. The number of halogens is 1. The van der Waals surface area contributed by atoms with Crippen molar-refractivity contribution < 1.29 is 4.79 Å². The summed E-state index contributed by atoms with van der Waals surface area (Å²) in [7, 11) is 0. The summed E-state index contributed by atoms with van der Waals surface area (Å²) >= 11 is 3.40. The van der Waals surface area contributed by atoms with E-state index in [2.05, 4.69) is 20.8 Å². The Bertz CT molecular complexity index is 454. The molecule has 1 atom stereocenters. The Kier molecular flexibility index (Phi) is 3.89. The molecule has 2 fully saturated rings. The van der Waals surface area contributed by atoms with E-state index < -0.39 is 0 Å². The van der Waals surface area contributed by atoms with Gasteiger partial charge in [0.05, 0.1) is 0 Å². The van der Waals surface area contributed by atoms with Gasteiger partial charge in [0.2, 0.25) is 0 Å². The van der Waals surface area contributed by atoms with Crippen molar-refractivity contribution in [2.75, 3.05) is 26.2 Å². The van der Waals surface area contributed by atoms with Gasteiger partial charge >= 0.3 is 0 Å². The van der Waals surface area contributed by atoms with Crippen LogP contribution in [0.25, 0.3) is 0 Å². The second kappa shape index (κ2) is 5.63. The van der Waals surface area contributed by atoms with Crippen LogP contribution < -0.4 is 0 Å². The van der Waals surface area contributed by atoms with E-state index in [1.807, 2.05) is 29.2 Å². The van der Waals surface area contributed by atoms with Gasteiger partial charge in [-0.3, -0.25) is 9.69 Å². The fraction of sp³-hybridized carbons (Fsp3) is 0.533. The van der Waals surface area contributed by atoms with E-state index in [1.165, 1.54) is 25.9 Å². The van der Waals surface area contributed by atoms with Gasteiger partial charge in [-0.05, 0) is 56.6 Å². The minimum Gasteiger partial charge on any atom is -0.337 e. The van der Waals surface area contributed by atoms with Crippen LogP contribution in [0.1, 0.15) is 29.6 Å². The molecule has 1 aromatic carbocycles. The zero-order valence-corrected chi connectivity index (χ0v) is 12.6. The lowest BCUT2D eigenvalue weighted by Gasteiger charge is -2.23. The Labute approximate surface area is 122 Å². The molecule has 3 nitrogen and oxygen atoms in total. The van der Waals surface area contributed by atoms with Crippen LogP contribution in [0.15, 0.2) is 28.7 Å². The average Bonchev–Trinajstić information content (AvgIpc) is 3.10. The van der Waals surface area contributed by atoms with Gasteiger partial charge in [0.25, 0.3) is 5.91 Å². The van der Waals surface area contributed by atoms with Gasteiger partial charge in [-0.25, -0.2) is 0 Å². The van der Waals surface area contributed by atoms with E-state index >= 15 is 0 Å². The summed E-state index contributed by atoms with van der Waals surface area (Å²) in [6.45, 7) is 4.22. The normalized spacial score (nSPS) is 24.1. The molecule has 0 saturated carbocycles. The molecule has 1 aromatic rings. The van der Waals surface area contributed by atoms with E-state index in [0.29, 0.717) is 6.04 Å². The van der Waals surface area contributed by atoms with Crippen molar-refractivity contribution >= 4 is 21.8 Å². The van der Waals surface area contributed by atoms with Crippen molar-refractivity contribution in [3.8, 4) is 0 Å². The highest BCUT2D eigenvalue weighted by Gasteiger charge is 2.31. The number of hydrogen-bond donors (Lipinski definition) is 0. The molecular formula is C15H19BrN2O. The minimum absolute atomic E-state index is 0.175. The topological polar surface area (TPSA) is 23.6 Å². The molecule has 2 heterocycles. The molecular weight excluding hydrogens is 304 g/mol. The van der Waals surface area contributed by atoms with Gasteiger partial charge in [-0.1, -0.05) is 15.9 Å². The monoisotopic (exact) mass is 322 g/mol. The Balaban J connectivity index is 1.63. The van der Waals surface area contributed by atoms with Crippen molar-refractivity contribution in [1.29, 1.82) is 0 Å². The summed E-state index contributed by atoms with van der Waals surface area (Å²) in [6.07, 6.45) is 3.76. The Hall–Kier alpha value is -0.870. The van der Waals surface area contributed by atoms with E-state index in [4.69, 9.17) is 0 Å². The summed E-state index contributed by atoms with van der Waals surface area (Å²) in [5, 5.41) is 0. The van der Waals surface area contributed by atoms with Gasteiger partial charge in [-0.2, -0.15) is 0 Å². The number of hydrogen-bond acceptors (Lipinski definition) is 2. The minimum atomic E-state index is 0.175. The van der Waals surface area contributed by atoms with Crippen LogP contribution in [0.4, 0.5) is 0 Å². The lowest BCUT2D eigenvalue weighted by molar-refractivity contribution is 0.0780. The SMILES string of the molecule is O=C(c1ccc(Br)cc1)N1CCC(N2CCCC2)C1. The molecule has 19 heavy (non-hydrogen) atoms. The average molecular weight is 323 g/mol. The second-order valence-electron chi connectivity index (χ2n) is 5.44. The second-order valence-corrected chi connectivity index (χ2v) is 6.36. The fourth-order valence-corrected chi connectivity index (χ4v) is 3.37. The Morgan fingerprint density at radius 3 is 2.47 bits per heavy atom. The molecule has 0 N–H and O–H groups in total. The van der Waals surface area contributed by atoms with E-state index in [9.17, 15) is 4.79 Å². The largest absolute Gasteiger partial charge is 0.337 e. The van der Waals surface area contributed by atoms with Crippen molar-refractivity contribution in [2.45, 2.75) is 25.3 Å². The number of likely N-dealkylation sites (tertiary alicyclic amines) is 2. The Morgan fingerprint density at radius 2 is 1.79 bits per heavy atom. The summed E-state index contributed by atoms with van der Waals surface area (Å²) in [5.74, 6) is 0.175. The Morgan fingerprint density at radius 1 is 1.11 bits per heavy atom. The molecule has 1 amide bonds. The molecule has 0 spiro atoms. The molecule has 1 unspecified atom stereocenters. The first kappa shape index (κ1) is 13.1. The predicted molar refractivity (Wildman–Crippen MR) is 79.3 cm³/mol. The third-order valence-corrected chi connectivity index (χ3v) is 4.73. The first-order valence-electron chi connectivity index (χ1n) is 7.03. The van der Waals surface area contributed by atoms with Crippen LogP contribution in [0.2, 0.25) is 0 Å². The maximum atomic E-state index is 12.4. The van der Waals surface area contributed by atoms with E-state index in [0.717, 1.165) is 29.5 Å². The van der Waals surface area contributed by atoms with Crippen molar-refractivity contribution in [3.63, 3.8) is 0 Å². The zero-order chi connectivity index (χ0) is 13.2. The lowest BCUT2D eigenvalue weighted by Crippen LogP contribution is -2.37. The fourth-order valence-electron chi connectivity index (χ4n) is 3.11. The number of benzene rings is 1. The molecule has 102 valence electrons. The highest BCUT2D eigenvalue weighted by molar-refractivity contribution is 9.10. The van der Waals surface area contributed by atoms with Gasteiger partial charge in [0, 0.05) is 29.2 Å². The number of carbonyl (C=O) groups is 1. The molecule has 3 rings (SSSR count). The molecule has 2 saturated heterocycles. The zero-order valence-electron chi connectivity index (χ0n) is 11.0. The molecule has 0 aromatic heterocycles. The summed E-state index contributed by atoms with van der Waals surface area (Å²) in [5.41, 5.74) is 0.797. The van der Waals surface area contributed by atoms with Crippen LogP contribution in [0.3, 0.4) is 0 Å². The van der Waals surface area contributed by atoms with Crippen LogP contribution in [0, 0.1) is 0 Å². The van der Waals surface area contributed by atoms with Crippen LogP contribution in [-0.2, 0) is 0 Å². The van der Waals surface area contributed by atoms with Crippen LogP contribution >= 0.6 is 15.9 Å². The first-order valence-corrected chi connectivity index (χ1v) is 7.82. The standard InChI is InChI=1S/C15H19BrN2O/c16-13-5-3-12(4-6-13)15(19)18-10-7-14(11-18)17-8-1-2-9-17/h3-6,14H,1-2,7-11H2. The molecule has 0 radical (unpaired) electrons. The van der Waals surface area contributed by atoms with Gasteiger partial charge in [-0.15, -0.1) is 0 Å². The maximum Gasteiger partial charge on any atom is 0.253 e. The number of rotatable bonds is 2. The van der Waals surface area contributed by atoms with E-state index in [-0.39, 0.29) is 5.91 Å². The predicted octanol–water partition coefficient (Wildman–Crippen LogP) is 2.76. The van der Waals surface area contributed by atoms with Crippen LogP contribution in [0.5, 0.6) is 0 Å². The molecule has 0 aliphatic carbocycles. The highest BCUT2D eigenvalue weighted by atomic mass is 79.9. The molecule has 0 bridgehead atoms. The molecule has 2 aliphatic rings. The molecule has 4 heteroatoms. The third-order valence-electron chi connectivity index (χ3n) is 4.20. The van der Waals surface area contributed by atoms with Gasteiger partial charge in [0.15, 0.2) is 0 Å². The van der Waals surface area contributed by atoms with Crippen molar-refractivity contribution in [3.05, 3.63) is 34.3 Å². The van der Waals surface area contributed by atoms with Gasteiger partial charge in [0.1, 0.15) is 0 Å². The molecule has 2 aliphatic heterocycles. The number of carbonyl (C=O) groups excluding carboxylic acids is 1. The van der Waals surface area contributed by atoms with Crippen molar-refractivity contribution in [2.24, 2.45) is 0 Å². The third kappa shape index (κ3) is 2.84. The van der Waals surface area contributed by atoms with Gasteiger partial charge < -0.3 is 4.90 Å². The van der Waals surface area contributed by atoms with E-state index in [1.54, 1.807) is 0 Å². The summed E-state index contributed by atoms with van der Waals surface area (Å²) < 4.78 is 1.01. The maximum absolute atomic E-state index is 12.4. The summed E-state index contributed by atoms with van der Waals surface area (Å²) in [4.78, 5) is 17.0. The van der Waals surface area contributed by atoms with Crippen LogP contribution in [-0.4, -0.2) is 47.9 Å². The summed E-state index contributed by atoms with van der Waals surface area (Å²) in [6, 6.07) is 8.25. The smallest absolute Gasteiger partial charge is 0.253 e. The lowest BCUT2D eigenvalue weighted by atomic mass is 10.2.